The van der Waals surface area contributed by atoms with Gasteiger partial charge in [0, 0.05) is 47.1 Å². The molecule has 4 nitrogen and oxygen atoms in total. The van der Waals surface area contributed by atoms with Gasteiger partial charge in [0.05, 0.1) is 26.1 Å². The van der Waals surface area contributed by atoms with E-state index in [-0.39, 0.29) is 5.41 Å². The van der Waals surface area contributed by atoms with Crippen molar-refractivity contribution in [2.24, 2.45) is 4.74 Å². The fourth-order valence-electron chi connectivity index (χ4n) is 6.04. The summed E-state index contributed by atoms with van der Waals surface area (Å²) < 4.78 is 15.4. The smallest absolute Gasteiger partial charge is 0.0774 e. The van der Waals surface area contributed by atoms with Gasteiger partial charge in [0.2, 0.25) is 0 Å². The van der Waals surface area contributed by atoms with Crippen LogP contribution in [0.2, 0.25) is 0 Å². The van der Waals surface area contributed by atoms with Gasteiger partial charge in [0.15, 0.2) is 0 Å². The Morgan fingerprint density at radius 2 is 1.68 bits per heavy atom. The number of hydrogen-bond donors (Lipinski definition) is 0. The fraction of sp³-hybridized carbons (Fsp3) is 0.500. The molecule has 2 fully saturated rings. The van der Waals surface area contributed by atoms with Crippen molar-refractivity contribution in [2.45, 2.75) is 57.0 Å². The van der Waals surface area contributed by atoms with Gasteiger partial charge >= 0.3 is 0 Å². The molecule has 2 aromatic rings. The van der Waals surface area contributed by atoms with E-state index < -0.39 is 7.21 Å². The first kappa shape index (κ1) is 24.3. The molecule has 182 valence electrons. The first-order valence-corrected chi connectivity index (χ1v) is 15.3. The Morgan fingerprint density at radius 1 is 1.00 bits per heavy atom. The normalized spacial score (nSPS) is 24.1. The molecule has 0 amide bonds. The van der Waals surface area contributed by atoms with Crippen LogP contribution in [0.4, 0.5) is 11.4 Å². The third-order valence-electron chi connectivity index (χ3n) is 7.93. The lowest BCUT2D eigenvalue weighted by atomic mass is 9.84. The van der Waals surface area contributed by atoms with E-state index in [0.717, 1.165) is 36.5 Å². The van der Waals surface area contributed by atoms with Gasteiger partial charge in [-0.3, -0.25) is 4.67 Å². The number of para-hydroxylation sites is 1. The number of halogens is 1. The average molecular weight is 543 g/mol. The summed E-state index contributed by atoms with van der Waals surface area (Å²) in [6.07, 6.45) is 6.50. The van der Waals surface area contributed by atoms with E-state index >= 15 is 0 Å². The van der Waals surface area contributed by atoms with Crippen LogP contribution in [0.15, 0.2) is 69.3 Å². The summed E-state index contributed by atoms with van der Waals surface area (Å²) in [6.45, 7) is 8.27. The number of fused-ring (bicyclic) bond motifs is 1. The van der Waals surface area contributed by atoms with E-state index in [1.165, 1.54) is 49.1 Å². The van der Waals surface area contributed by atoms with Crippen molar-refractivity contribution < 1.29 is 4.74 Å². The Hall–Kier alpha value is -1.39. The minimum absolute atomic E-state index is 0.0546. The van der Waals surface area contributed by atoms with Gasteiger partial charge in [-0.15, -0.1) is 0 Å². The molecule has 1 unspecified atom stereocenters. The Labute approximate surface area is 213 Å². The molecule has 0 N–H and O–H groups in total. The molecular formula is C28H37BrN3OP. The van der Waals surface area contributed by atoms with Crippen LogP contribution in [0.3, 0.4) is 0 Å². The fourth-order valence-corrected chi connectivity index (χ4v) is 11.0. The van der Waals surface area contributed by atoms with Gasteiger partial charge in [-0.05, 0) is 58.4 Å². The van der Waals surface area contributed by atoms with Crippen LogP contribution in [0, 0.1) is 0 Å². The molecule has 2 heterocycles. The summed E-state index contributed by atoms with van der Waals surface area (Å²) in [4.78, 5) is 2.43. The highest BCUT2D eigenvalue weighted by Crippen LogP contribution is 2.67. The van der Waals surface area contributed by atoms with E-state index in [0.29, 0.717) is 5.66 Å². The first-order valence-electron chi connectivity index (χ1n) is 12.7. The highest BCUT2D eigenvalue weighted by atomic mass is 79.9. The molecule has 1 aliphatic carbocycles. The van der Waals surface area contributed by atoms with Gasteiger partial charge in [-0.2, -0.15) is 0 Å². The summed E-state index contributed by atoms with van der Waals surface area (Å²) in [5, 5.41) is 0. The maximum atomic E-state index is 5.83. The van der Waals surface area contributed by atoms with Crippen LogP contribution < -0.4 is 4.90 Å². The average Bonchev–Trinajstić information content (AvgIpc) is 3.06. The first-order chi connectivity index (χ1) is 16.4. The molecular weight excluding hydrogens is 505 g/mol. The van der Waals surface area contributed by atoms with Crippen LogP contribution in [-0.2, 0) is 10.2 Å². The van der Waals surface area contributed by atoms with Gasteiger partial charge in [-0.25, -0.2) is 4.74 Å². The summed E-state index contributed by atoms with van der Waals surface area (Å²) in [5.74, 6) is 2.66. The number of nitrogens with zero attached hydrogens (tertiary/aromatic N) is 3. The Bertz CT molecular complexity index is 1090. The van der Waals surface area contributed by atoms with Crippen LogP contribution in [0.1, 0.15) is 51.5 Å². The van der Waals surface area contributed by atoms with Crippen LogP contribution in [0.5, 0.6) is 0 Å². The quantitative estimate of drug-likeness (QED) is 0.365. The van der Waals surface area contributed by atoms with Gasteiger partial charge < -0.3 is 9.64 Å². The molecule has 3 aliphatic rings. The largest absolute Gasteiger partial charge is 0.379 e. The topological polar surface area (TPSA) is 28.1 Å². The Balaban J connectivity index is 1.76. The lowest BCUT2D eigenvalue weighted by molar-refractivity contribution is 0.0738. The molecule has 2 aromatic carbocycles. The molecule has 1 saturated carbocycles. The summed E-state index contributed by atoms with van der Waals surface area (Å²) in [7, 11) is 0.197. The van der Waals surface area contributed by atoms with E-state index in [1.807, 2.05) is 0 Å². The van der Waals surface area contributed by atoms with Crippen molar-refractivity contribution in [3.05, 3.63) is 70.1 Å². The predicted molar refractivity (Wildman–Crippen MR) is 148 cm³/mol. The second-order valence-corrected chi connectivity index (χ2v) is 14.3. The number of anilines is 1. The molecule has 34 heavy (non-hydrogen) atoms. The predicted octanol–water partition coefficient (Wildman–Crippen LogP) is 8.13. The zero-order chi connectivity index (χ0) is 23.8. The van der Waals surface area contributed by atoms with Crippen molar-refractivity contribution in [2.75, 3.05) is 38.3 Å². The van der Waals surface area contributed by atoms with Crippen molar-refractivity contribution in [1.82, 2.24) is 4.67 Å². The summed E-state index contributed by atoms with van der Waals surface area (Å²) >= 11 is 3.82. The van der Waals surface area contributed by atoms with Crippen LogP contribution in [0.25, 0.3) is 0 Å². The summed E-state index contributed by atoms with van der Waals surface area (Å²) in [5.41, 5.74) is 5.75. The third kappa shape index (κ3) is 4.34. The van der Waals surface area contributed by atoms with Crippen molar-refractivity contribution in [1.29, 1.82) is 0 Å². The lowest BCUT2D eigenvalue weighted by Gasteiger charge is -2.44. The highest BCUT2D eigenvalue weighted by molar-refractivity contribution is 9.10. The number of hydrogen-bond acceptors (Lipinski definition) is 3. The van der Waals surface area contributed by atoms with Gasteiger partial charge in [-0.1, -0.05) is 63.4 Å². The minimum Gasteiger partial charge on any atom is -0.379 e. The van der Waals surface area contributed by atoms with E-state index in [9.17, 15) is 0 Å². The molecule has 2 aliphatic heterocycles. The molecule has 1 atom stereocenters. The number of allylic oxidation sites excluding steroid dienone is 1. The van der Waals surface area contributed by atoms with Gasteiger partial charge in [0.1, 0.15) is 0 Å². The van der Waals surface area contributed by atoms with E-state index in [4.69, 9.17) is 9.48 Å². The third-order valence-corrected chi connectivity index (χ3v) is 12.7. The Kier molecular flexibility index (Phi) is 7.10. The number of likely N-dealkylation sites (N-methyl/N-ethyl adjacent to an activating group) is 1. The molecule has 0 aromatic heterocycles. The number of rotatable bonds is 4. The van der Waals surface area contributed by atoms with Crippen molar-refractivity contribution >= 4 is 34.5 Å². The SMILES string of the molecule is CN1C(=CP(=Nc2ccccc2Br)(C2CCCCC2)N2CCOCC2)C(C)(C)c2ccccc21. The number of ether oxygens (including phenoxy) is 1. The molecule has 1 saturated heterocycles. The van der Waals surface area contributed by atoms with E-state index in [1.54, 1.807) is 0 Å². The van der Waals surface area contributed by atoms with Gasteiger partial charge in [0.25, 0.3) is 0 Å². The monoisotopic (exact) mass is 541 g/mol. The highest BCUT2D eigenvalue weighted by Gasteiger charge is 2.43. The zero-order valence-corrected chi connectivity index (χ0v) is 23.2. The maximum absolute atomic E-state index is 5.83. The molecule has 0 spiro atoms. The number of morpholine rings is 1. The molecule has 5 rings (SSSR count). The van der Waals surface area contributed by atoms with Crippen LogP contribution in [-0.4, -0.2) is 43.7 Å². The van der Waals surface area contributed by atoms with Crippen molar-refractivity contribution in [3.8, 4) is 0 Å². The Morgan fingerprint density at radius 3 is 2.38 bits per heavy atom. The summed E-state index contributed by atoms with van der Waals surface area (Å²) in [6, 6.07) is 17.4. The second-order valence-electron chi connectivity index (χ2n) is 10.3. The zero-order valence-electron chi connectivity index (χ0n) is 20.7. The van der Waals surface area contributed by atoms with Crippen LogP contribution >= 0.6 is 23.1 Å². The van der Waals surface area contributed by atoms with E-state index in [2.05, 4.69) is 101 Å². The standard InChI is InChI=1S/C28H37BrN3OP/c1-28(2)23-13-7-10-16-26(23)31(3)27(28)21-34(22-11-5-4-6-12-22,32-17-19-33-20-18-32)30-25-15-9-8-14-24(25)29/h7-10,13-16,21-22H,4-6,11-12,17-20H2,1-3H3. The lowest BCUT2D eigenvalue weighted by Crippen LogP contribution is -2.37. The molecule has 6 heteroatoms. The minimum atomic E-state index is -2.05. The molecule has 0 bridgehead atoms. The maximum Gasteiger partial charge on any atom is 0.0774 e. The van der Waals surface area contributed by atoms with Crippen molar-refractivity contribution in [3.63, 3.8) is 0 Å². The number of benzene rings is 2. The molecule has 0 radical (unpaired) electrons. The second kappa shape index (κ2) is 9.93.